The van der Waals surface area contributed by atoms with E-state index in [4.69, 9.17) is 4.42 Å². The Hall–Kier alpha value is -2.41. The fraction of sp³-hybridized carbons (Fsp3) is 0.267. The maximum Gasteiger partial charge on any atom is 0.245 e. The molecule has 0 aliphatic heterocycles. The third kappa shape index (κ3) is 5.53. The van der Waals surface area contributed by atoms with Gasteiger partial charge in [-0.2, -0.15) is 5.10 Å². The van der Waals surface area contributed by atoms with Crippen LogP contribution in [0.4, 0.5) is 0 Å². The van der Waals surface area contributed by atoms with E-state index in [0.29, 0.717) is 24.4 Å². The minimum Gasteiger partial charge on any atom is -0.467 e. The van der Waals surface area contributed by atoms with Gasteiger partial charge in [0.15, 0.2) is 0 Å². The van der Waals surface area contributed by atoms with E-state index in [1.54, 1.807) is 25.3 Å². The van der Waals surface area contributed by atoms with E-state index < -0.39 is 0 Å². The van der Waals surface area contributed by atoms with E-state index in [1.807, 2.05) is 17.5 Å². The Kier molecular flexibility index (Phi) is 5.91. The molecule has 0 aliphatic rings. The molecule has 0 aliphatic carbocycles. The first-order valence-corrected chi connectivity index (χ1v) is 7.65. The molecule has 0 atom stereocenters. The van der Waals surface area contributed by atoms with Gasteiger partial charge in [-0.3, -0.25) is 9.59 Å². The lowest BCUT2D eigenvalue weighted by Gasteiger charge is -2.04. The standard InChI is InChI=1S/C15H17N3O3S/c1-11(8-14(19)16-10-12-4-2-6-21-12)17-18-15(20)9-13-5-3-7-22-13/h2-7H,8-10H2,1H3,(H,16,19)(H,18,20)/b17-11-. The second-order valence-electron chi connectivity index (χ2n) is 4.67. The van der Waals surface area contributed by atoms with E-state index in [1.165, 1.54) is 11.3 Å². The Morgan fingerprint density at radius 2 is 2.14 bits per heavy atom. The largest absolute Gasteiger partial charge is 0.467 e. The van der Waals surface area contributed by atoms with Crippen LogP contribution < -0.4 is 10.7 Å². The quantitative estimate of drug-likeness (QED) is 0.605. The smallest absolute Gasteiger partial charge is 0.245 e. The molecule has 116 valence electrons. The van der Waals surface area contributed by atoms with Crippen LogP contribution >= 0.6 is 11.3 Å². The van der Waals surface area contributed by atoms with Crippen LogP contribution in [0.2, 0.25) is 0 Å². The van der Waals surface area contributed by atoms with E-state index in [-0.39, 0.29) is 18.2 Å². The van der Waals surface area contributed by atoms with Crippen molar-refractivity contribution in [1.29, 1.82) is 0 Å². The zero-order valence-corrected chi connectivity index (χ0v) is 13.0. The SMILES string of the molecule is C/C(CC(=O)NCc1ccco1)=N/NC(=O)Cc1cccs1. The normalized spacial score (nSPS) is 11.2. The highest BCUT2D eigenvalue weighted by molar-refractivity contribution is 7.10. The van der Waals surface area contributed by atoms with Crippen molar-refractivity contribution in [2.24, 2.45) is 5.10 Å². The van der Waals surface area contributed by atoms with Gasteiger partial charge in [-0.1, -0.05) is 6.07 Å². The number of carbonyl (C=O) groups excluding carboxylic acids is 2. The van der Waals surface area contributed by atoms with Crippen molar-refractivity contribution < 1.29 is 14.0 Å². The van der Waals surface area contributed by atoms with Crippen molar-refractivity contribution in [3.63, 3.8) is 0 Å². The number of nitrogens with one attached hydrogen (secondary N) is 2. The van der Waals surface area contributed by atoms with Crippen molar-refractivity contribution in [2.45, 2.75) is 26.3 Å². The van der Waals surface area contributed by atoms with Crippen LogP contribution in [0, 0.1) is 0 Å². The van der Waals surface area contributed by atoms with Crippen LogP contribution in [0.15, 0.2) is 45.4 Å². The van der Waals surface area contributed by atoms with Crippen molar-refractivity contribution in [3.05, 3.63) is 46.5 Å². The molecule has 0 bridgehead atoms. The predicted molar refractivity (Wildman–Crippen MR) is 84.4 cm³/mol. The minimum atomic E-state index is -0.196. The molecule has 0 saturated heterocycles. The molecule has 2 rings (SSSR count). The van der Waals surface area contributed by atoms with Gasteiger partial charge in [0.2, 0.25) is 11.8 Å². The highest BCUT2D eigenvalue weighted by atomic mass is 32.1. The third-order valence-corrected chi connectivity index (χ3v) is 3.62. The average Bonchev–Trinajstić information content (AvgIpc) is 3.16. The van der Waals surface area contributed by atoms with Crippen molar-refractivity contribution >= 4 is 28.9 Å². The Morgan fingerprint density at radius 1 is 1.27 bits per heavy atom. The molecular formula is C15H17N3O3S. The van der Waals surface area contributed by atoms with Crippen LogP contribution in [0.3, 0.4) is 0 Å². The summed E-state index contributed by atoms with van der Waals surface area (Å²) in [6.07, 6.45) is 1.97. The number of nitrogens with zero attached hydrogens (tertiary/aromatic N) is 1. The first kappa shape index (κ1) is 16.0. The lowest BCUT2D eigenvalue weighted by molar-refractivity contribution is -0.121. The van der Waals surface area contributed by atoms with Crippen LogP contribution in [-0.4, -0.2) is 17.5 Å². The van der Waals surface area contributed by atoms with E-state index >= 15 is 0 Å². The van der Waals surface area contributed by atoms with Crippen molar-refractivity contribution in [3.8, 4) is 0 Å². The zero-order valence-electron chi connectivity index (χ0n) is 12.2. The number of furan rings is 1. The monoisotopic (exact) mass is 319 g/mol. The van der Waals surface area contributed by atoms with Gasteiger partial charge in [0, 0.05) is 10.6 Å². The van der Waals surface area contributed by atoms with Crippen LogP contribution in [-0.2, 0) is 22.6 Å². The molecule has 0 spiro atoms. The molecule has 2 N–H and O–H groups in total. The molecule has 2 amide bonds. The van der Waals surface area contributed by atoms with Crippen LogP contribution in [0.1, 0.15) is 24.0 Å². The summed E-state index contributed by atoms with van der Waals surface area (Å²) in [5.74, 6) is 0.315. The summed E-state index contributed by atoms with van der Waals surface area (Å²) >= 11 is 1.52. The van der Waals surface area contributed by atoms with Crippen molar-refractivity contribution in [1.82, 2.24) is 10.7 Å². The Labute approximate surface area is 132 Å². The van der Waals surface area contributed by atoms with Gasteiger partial charge in [0.1, 0.15) is 5.76 Å². The molecule has 0 fully saturated rings. The number of hydrazone groups is 1. The van der Waals surface area contributed by atoms with Gasteiger partial charge < -0.3 is 9.73 Å². The third-order valence-electron chi connectivity index (χ3n) is 2.74. The molecule has 0 aromatic carbocycles. The Balaban J connectivity index is 1.70. The number of hydrogen-bond acceptors (Lipinski definition) is 5. The fourth-order valence-corrected chi connectivity index (χ4v) is 2.41. The maximum absolute atomic E-state index is 11.7. The second kappa shape index (κ2) is 8.14. The summed E-state index contributed by atoms with van der Waals surface area (Å²) < 4.78 is 5.12. The van der Waals surface area contributed by atoms with Crippen molar-refractivity contribution in [2.75, 3.05) is 0 Å². The molecule has 2 aromatic heterocycles. The zero-order chi connectivity index (χ0) is 15.8. The van der Waals surface area contributed by atoms with Gasteiger partial charge in [0.25, 0.3) is 0 Å². The summed E-state index contributed by atoms with van der Waals surface area (Å²) in [6, 6.07) is 7.33. The van der Waals surface area contributed by atoms with Gasteiger partial charge in [-0.25, -0.2) is 5.43 Å². The molecular weight excluding hydrogens is 302 g/mol. The van der Waals surface area contributed by atoms with Crippen LogP contribution in [0.25, 0.3) is 0 Å². The van der Waals surface area contributed by atoms with Gasteiger partial charge in [-0.15, -0.1) is 11.3 Å². The molecule has 0 radical (unpaired) electrons. The van der Waals surface area contributed by atoms with Gasteiger partial charge >= 0.3 is 0 Å². The second-order valence-corrected chi connectivity index (χ2v) is 5.70. The Bertz CT molecular complexity index is 633. The molecule has 6 nitrogen and oxygen atoms in total. The van der Waals surface area contributed by atoms with E-state index in [2.05, 4.69) is 15.8 Å². The lowest BCUT2D eigenvalue weighted by Crippen LogP contribution is -2.26. The average molecular weight is 319 g/mol. The van der Waals surface area contributed by atoms with E-state index in [9.17, 15) is 9.59 Å². The first-order chi connectivity index (χ1) is 10.6. The van der Waals surface area contributed by atoms with Crippen LogP contribution in [0.5, 0.6) is 0 Å². The first-order valence-electron chi connectivity index (χ1n) is 6.77. The maximum atomic E-state index is 11.7. The van der Waals surface area contributed by atoms with Gasteiger partial charge in [-0.05, 0) is 30.5 Å². The number of rotatable bonds is 7. The Morgan fingerprint density at radius 3 is 2.82 bits per heavy atom. The number of hydrogen-bond donors (Lipinski definition) is 2. The summed E-state index contributed by atoms with van der Waals surface area (Å²) in [7, 11) is 0. The molecule has 0 unspecified atom stereocenters. The molecule has 22 heavy (non-hydrogen) atoms. The predicted octanol–water partition coefficient (Wildman–Crippen LogP) is 2.08. The molecule has 7 heteroatoms. The lowest BCUT2D eigenvalue weighted by atomic mass is 10.3. The fourth-order valence-electron chi connectivity index (χ4n) is 1.70. The molecule has 2 aromatic rings. The van der Waals surface area contributed by atoms with E-state index in [0.717, 1.165) is 4.88 Å². The summed E-state index contributed by atoms with van der Waals surface area (Å²) in [5, 5.41) is 8.56. The molecule has 0 saturated carbocycles. The minimum absolute atomic E-state index is 0.125. The number of amides is 2. The summed E-state index contributed by atoms with van der Waals surface area (Å²) in [5.41, 5.74) is 2.99. The van der Waals surface area contributed by atoms with Gasteiger partial charge in [0.05, 0.1) is 25.6 Å². The summed E-state index contributed by atoms with van der Waals surface area (Å²) in [4.78, 5) is 24.3. The highest BCUT2D eigenvalue weighted by Crippen LogP contribution is 2.08. The summed E-state index contributed by atoms with van der Waals surface area (Å²) in [6.45, 7) is 2.03. The molecule has 2 heterocycles. The number of thiophene rings is 1. The highest BCUT2D eigenvalue weighted by Gasteiger charge is 2.06. The topological polar surface area (TPSA) is 83.7 Å². The number of carbonyl (C=O) groups is 2.